The third-order valence-electron chi connectivity index (χ3n) is 3.64. The molecule has 1 unspecified atom stereocenters. The fraction of sp³-hybridized carbons (Fsp3) is 0.625. The van der Waals surface area contributed by atoms with Gasteiger partial charge in [-0.3, -0.25) is 0 Å². The molecule has 0 rings (SSSR count). The molecule has 0 aromatic carbocycles. The second-order valence-electron chi connectivity index (χ2n) is 6.18. The first-order valence-electron chi connectivity index (χ1n) is 7.94. The van der Waals surface area contributed by atoms with Crippen molar-refractivity contribution in [1.82, 2.24) is 0 Å². The van der Waals surface area contributed by atoms with Gasteiger partial charge in [-0.05, 0) is 6.92 Å². The first-order chi connectivity index (χ1) is 14.8. The minimum absolute atomic E-state index is 0.207. The van der Waals surface area contributed by atoms with Gasteiger partial charge in [0.1, 0.15) is 6.61 Å². The second kappa shape index (κ2) is 10.4. The zero-order chi connectivity index (χ0) is 28.2. The van der Waals surface area contributed by atoms with Crippen LogP contribution in [0.15, 0.2) is 25.3 Å². The van der Waals surface area contributed by atoms with Crippen molar-refractivity contribution in [2.45, 2.75) is 48.3 Å². The van der Waals surface area contributed by atoms with Gasteiger partial charge in [-0.25, -0.2) is 9.59 Å². The molecule has 0 aliphatic heterocycles. The number of carbonyl (C=O) groups is 2. The predicted octanol–water partition coefficient (Wildman–Crippen LogP) is 4.55. The average Bonchev–Trinajstić information content (AvgIpc) is 2.70. The normalized spacial score (nSPS) is 15.3. The maximum absolute atomic E-state index is 13.7. The van der Waals surface area contributed by atoms with Crippen LogP contribution in [-0.4, -0.2) is 72.2 Å². The third-order valence-corrected chi connectivity index (χ3v) is 3.64. The minimum atomic E-state index is -8.08. The molecule has 0 aliphatic carbocycles. The largest absolute Gasteiger partial charge is 0.466 e. The summed E-state index contributed by atoms with van der Waals surface area (Å²) in [6.07, 6.45) is -6.22. The lowest BCUT2D eigenvalue weighted by atomic mass is 9.86. The van der Waals surface area contributed by atoms with E-state index >= 15 is 0 Å². The van der Waals surface area contributed by atoms with Crippen LogP contribution in [0.3, 0.4) is 0 Å². The SMILES string of the molecule is C=CC(=O)OC.C=CC(=O)OCC(C)(O)C(F)(F)C(F)(F)C(F)(F)C(F)(F)C(F)(F)C(F)(F)F. The summed E-state index contributed by atoms with van der Waals surface area (Å²) in [4.78, 5) is 20.5. The van der Waals surface area contributed by atoms with Crippen molar-refractivity contribution in [3.05, 3.63) is 25.3 Å². The summed E-state index contributed by atoms with van der Waals surface area (Å²) < 4.78 is 176. The second-order valence-corrected chi connectivity index (χ2v) is 6.18. The number of hydrogen-bond acceptors (Lipinski definition) is 5. The van der Waals surface area contributed by atoms with Crippen molar-refractivity contribution in [3.63, 3.8) is 0 Å². The van der Waals surface area contributed by atoms with Gasteiger partial charge in [0.2, 0.25) is 0 Å². The van der Waals surface area contributed by atoms with E-state index in [1.54, 1.807) is 0 Å². The van der Waals surface area contributed by atoms with E-state index in [2.05, 4.69) is 22.6 Å². The van der Waals surface area contributed by atoms with E-state index in [-0.39, 0.29) is 6.08 Å². The Morgan fingerprint density at radius 2 is 1.03 bits per heavy atom. The zero-order valence-corrected chi connectivity index (χ0v) is 16.8. The molecule has 5 nitrogen and oxygen atoms in total. The summed E-state index contributed by atoms with van der Waals surface area (Å²) in [5, 5.41) is 9.18. The van der Waals surface area contributed by atoms with Gasteiger partial charge in [-0.1, -0.05) is 13.2 Å². The molecule has 0 fully saturated rings. The molecular formula is C16H15F13O5. The predicted molar refractivity (Wildman–Crippen MR) is 84.8 cm³/mol. The van der Waals surface area contributed by atoms with Gasteiger partial charge < -0.3 is 14.6 Å². The Labute approximate surface area is 181 Å². The van der Waals surface area contributed by atoms with Gasteiger partial charge in [0.05, 0.1) is 7.11 Å². The number of ether oxygens (including phenoxy) is 2. The van der Waals surface area contributed by atoms with Crippen LogP contribution in [0.1, 0.15) is 6.92 Å². The summed E-state index contributed by atoms with van der Waals surface area (Å²) in [5.74, 6) is -40.6. The molecule has 0 aliphatic rings. The number of carbonyl (C=O) groups excluding carboxylic acids is 2. The van der Waals surface area contributed by atoms with E-state index in [4.69, 9.17) is 0 Å². The van der Waals surface area contributed by atoms with E-state index in [0.717, 1.165) is 6.08 Å². The highest BCUT2D eigenvalue weighted by Gasteiger charge is 2.92. The highest BCUT2D eigenvalue weighted by Crippen LogP contribution is 2.61. The van der Waals surface area contributed by atoms with E-state index < -0.39 is 66.9 Å². The van der Waals surface area contributed by atoms with Gasteiger partial charge in [-0.15, -0.1) is 0 Å². The Kier molecular flexibility index (Phi) is 10.3. The summed E-state index contributed by atoms with van der Waals surface area (Å²) in [7, 11) is 1.31. The highest BCUT2D eigenvalue weighted by molar-refractivity contribution is 5.81. The molecule has 0 saturated carbocycles. The van der Waals surface area contributed by atoms with Gasteiger partial charge in [0.15, 0.2) is 5.60 Å². The Morgan fingerprint density at radius 1 is 0.706 bits per heavy atom. The smallest absolute Gasteiger partial charge is 0.460 e. The number of methoxy groups -OCH3 is 1. The van der Waals surface area contributed by atoms with Crippen LogP contribution in [0, 0.1) is 0 Å². The van der Waals surface area contributed by atoms with Crippen molar-refractivity contribution in [2.24, 2.45) is 0 Å². The topological polar surface area (TPSA) is 72.8 Å². The maximum atomic E-state index is 13.7. The molecule has 0 aromatic heterocycles. The molecule has 1 N–H and O–H groups in total. The van der Waals surface area contributed by atoms with Gasteiger partial charge in [0.25, 0.3) is 0 Å². The summed E-state index contributed by atoms with van der Waals surface area (Å²) in [5.41, 5.74) is -4.62. The van der Waals surface area contributed by atoms with E-state index in [1.165, 1.54) is 7.11 Å². The highest BCUT2D eigenvalue weighted by atomic mass is 19.4. The van der Waals surface area contributed by atoms with Crippen LogP contribution < -0.4 is 0 Å². The molecule has 0 amide bonds. The summed E-state index contributed by atoms with van der Waals surface area (Å²) in [6, 6.07) is 0. The number of hydrogen-bond donors (Lipinski definition) is 1. The van der Waals surface area contributed by atoms with Crippen molar-refractivity contribution < 1.29 is 81.2 Å². The standard InChI is InChI=1S/C12H9F13O3.C4H6O2/c1-3-5(26)28-4-6(2,27)7(13,14)8(15,16)9(17,18)10(19,20)11(21,22)12(23,24)25;1-3-4(5)6-2/h3,27H,1,4H2,2H3;3H,1H2,2H3. The number of aliphatic hydroxyl groups is 1. The summed E-state index contributed by atoms with van der Waals surface area (Å²) >= 11 is 0. The number of esters is 2. The van der Waals surface area contributed by atoms with Crippen molar-refractivity contribution in [2.75, 3.05) is 13.7 Å². The molecule has 0 aromatic rings. The van der Waals surface area contributed by atoms with E-state index in [9.17, 15) is 71.8 Å². The Balaban J connectivity index is 0. The molecule has 200 valence electrons. The third kappa shape index (κ3) is 5.93. The number of rotatable bonds is 9. The van der Waals surface area contributed by atoms with Gasteiger partial charge >= 0.3 is 47.7 Å². The zero-order valence-electron chi connectivity index (χ0n) is 16.8. The molecular weight excluding hydrogens is 519 g/mol. The van der Waals surface area contributed by atoms with Crippen LogP contribution in [0.5, 0.6) is 0 Å². The molecule has 0 saturated heterocycles. The van der Waals surface area contributed by atoms with Crippen molar-refractivity contribution >= 4 is 11.9 Å². The van der Waals surface area contributed by atoms with Crippen molar-refractivity contribution in [1.29, 1.82) is 0 Å². The summed E-state index contributed by atoms with van der Waals surface area (Å²) in [6.45, 7) is 3.12. The van der Waals surface area contributed by atoms with E-state index in [1.807, 2.05) is 0 Å². The van der Waals surface area contributed by atoms with Crippen LogP contribution in [0.2, 0.25) is 0 Å². The molecule has 0 spiro atoms. The van der Waals surface area contributed by atoms with E-state index in [0.29, 0.717) is 0 Å². The minimum Gasteiger partial charge on any atom is -0.466 e. The fourth-order valence-corrected chi connectivity index (χ4v) is 1.55. The quantitative estimate of drug-likeness (QED) is 0.267. The Hall–Kier alpha value is -2.53. The van der Waals surface area contributed by atoms with Crippen LogP contribution in [-0.2, 0) is 19.1 Å². The fourth-order valence-electron chi connectivity index (χ4n) is 1.55. The molecule has 0 heterocycles. The maximum Gasteiger partial charge on any atom is 0.460 e. The molecule has 34 heavy (non-hydrogen) atoms. The number of alkyl halides is 13. The molecule has 0 bridgehead atoms. The molecule has 0 radical (unpaired) electrons. The lowest BCUT2D eigenvalue weighted by molar-refractivity contribution is -0.449. The first kappa shape index (κ1) is 33.6. The van der Waals surface area contributed by atoms with Crippen LogP contribution in [0.4, 0.5) is 57.1 Å². The van der Waals surface area contributed by atoms with Gasteiger partial charge in [-0.2, -0.15) is 57.1 Å². The van der Waals surface area contributed by atoms with Crippen LogP contribution >= 0.6 is 0 Å². The monoisotopic (exact) mass is 534 g/mol. The van der Waals surface area contributed by atoms with Gasteiger partial charge in [0, 0.05) is 12.2 Å². The molecule has 1 atom stereocenters. The Morgan fingerprint density at radius 3 is 1.29 bits per heavy atom. The average molecular weight is 534 g/mol. The first-order valence-corrected chi connectivity index (χ1v) is 7.94. The van der Waals surface area contributed by atoms with Crippen LogP contribution in [0.25, 0.3) is 0 Å². The lowest BCUT2D eigenvalue weighted by Gasteiger charge is -2.43. The van der Waals surface area contributed by atoms with Crippen molar-refractivity contribution in [3.8, 4) is 0 Å². The lowest BCUT2D eigenvalue weighted by Crippen LogP contribution is -2.73. The Bertz CT molecular complexity index is 757. The molecule has 18 heteroatoms. The number of halogens is 13.